The third-order valence-electron chi connectivity index (χ3n) is 9.10. The summed E-state index contributed by atoms with van der Waals surface area (Å²) in [5, 5.41) is 15.3. The van der Waals surface area contributed by atoms with Crippen molar-refractivity contribution in [2.75, 3.05) is 29.5 Å². The number of nitrogen functional groups attached to an aromatic ring is 1. The van der Waals surface area contributed by atoms with E-state index in [1.807, 2.05) is 81.4 Å². The van der Waals surface area contributed by atoms with Crippen LogP contribution in [-0.2, 0) is 35.2 Å². The lowest BCUT2D eigenvalue weighted by Gasteiger charge is -2.38. The van der Waals surface area contributed by atoms with E-state index in [2.05, 4.69) is 15.5 Å². The van der Waals surface area contributed by atoms with Crippen LogP contribution in [0.5, 0.6) is 0 Å². The molecule has 2 aliphatic heterocycles. The summed E-state index contributed by atoms with van der Waals surface area (Å²) in [6.07, 6.45) is 3.95. The summed E-state index contributed by atoms with van der Waals surface area (Å²) in [6.45, 7) is 6.98. The number of likely N-dealkylation sites (tertiary alicyclic amines) is 1. The predicted molar refractivity (Wildman–Crippen MR) is 197 cm³/mol. The molecule has 2 heterocycles. The Morgan fingerprint density at radius 1 is 0.882 bits per heavy atom. The molecule has 5 rings (SSSR count). The molecule has 5 N–H and O–H groups in total. The number of aliphatic hydroxyl groups is 1. The summed E-state index contributed by atoms with van der Waals surface area (Å²) < 4.78 is 18.8. The molecule has 4 unspecified atom stereocenters. The van der Waals surface area contributed by atoms with Gasteiger partial charge in [-0.05, 0) is 88.4 Å². The first-order valence-corrected chi connectivity index (χ1v) is 18.0. The number of amides is 2. The summed E-state index contributed by atoms with van der Waals surface area (Å²) in [5.41, 5.74) is 9.77. The van der Waals surface area contributed by atoms with Crippen LogP contribution in [0.2, 0.25) is 0 Å². The van der Waals surface area contributed by atoms with Crippen molar-refractivity contribution in [3.05, 3.63) is 89.5 Å². The molecule has 51 heavy (non-hydrogen) atoms. The smallest absolute Gasteiger partial charge is 0.323 e. The van der Waals surface area contributed by atoms with E-state index >= 15 is 0 Å². The number of hydrogen-bond donors (Lipinski definition) is 4. The van der Waals surface area contributed by atoms with E-state index in [4.69, 9.17) is 19.9 Å². The highest BCUT2D eigenvalue weighted by atomic mass is 16.7. The first kappa shape index (κ1) is 38.0. The van der Waals surface area contributed by atoms with Gasteiger partial charge in [-0.25, -0.2) is 0 Å². The fraction of sp³-hybridized carbons (Fsp3) is 0.475. The normalized spacial score (nSPS) is 20.9. The van der Waals surface area contributed by atoms with Crippen molar-refractivity contribution in [2.45, 2.75) is 109 Å². The fourth-order valence-corrected chi connectivity index (χ4v) is 6.49. The lowest BCUT2D eigenvalue weighted by atomic mass is 9.99. The van der Waals surface area contributed by atoms with E-state index in [-0.39, 0.29) is 42.6 Å². The highest BCUT2D eigenvalue weighted by Crippen LogP contribution is 2.39. The molecule has 0 radical (unpaired) electrons. The number of ether oxygens (including phenoxy) is 3. The van der Waals surface area contributed by atoms with Crippen LogP contribution in [0.1, 0.15) is 101 Å². The van der Waals surface area contributed by atoms with E-state index in [1.165, 1.54) is 0 Å². The number of aliphatic hydroxyl groups excluding tert-OH is 1. The average Bonchev–Trinajstić information content (AvgIpc) is 3.57. The number of rotatable bonds is 14. The van der Waals surface area contributed by atoms with Crippen molar-refractivity contribution in [3.8, 4) is 0 Å². The van der Waals surface area contributed by atoms with Gasteiger partial charge < -0.3 is 35.7 Å². The molecule has 2 aliphatic rings. The second-order valence-corrected chi connectivity index (χ2v) is 14.4. The number of carbonyl (C=O) groups is 3. The zero-order valence-electron chi connectivity index (χ0n) is 29.9. The number of carbonyl (C=O) groups excluding carboxylic acids is 3. The summed E-state index contributed by atoms with van der Waals surface area (Å²) >= 11 is 0. The van der Waals surface area contributed by atoms with Crippen molar-refractivity contribution in [2.24, 2.45) is 0 Å². The fourth-order valence-electron chi connectivity index (χ4n) is 6.49. The Balaban J connectivity index is 1.15. The van der Waals surface area contributed by atoms with Crippen molar-refractivity contribution in [1.82, 2.24) is 4.90 Å². The molecule has 2 fully saturated rings. The zero-order chi connectivity index (χ0) is 36.4. The van der Waals surface area contributed by atoms with Crippen molar-refractivity contribution in [1.29, 1.82) is 0 Å². The van der Waals surface area contributed by atoms with Crippen LogP contribution in [0.25, 0.3) is 0 Å². The summed E-state index contributed by atoms with van der Waals surface area (Å²) in [7, 11) is 0. The van der Waals surface area contributed by atoms with Crippen LogP contribution in [0.4, 0.5) is 17.1 Å². The molecule has 2 amide bonds. The average molecular weight is 701 g/mol. The molecule has 4 atom stereocenters. The van der Waals surface area contributed by atoms with Crippen LogP contribution in [0, 0.1) is 0 Å². The SMILES string of the molecule is CC(C)(C)OC(=O)C1CCCN1CC1CC(c2ccc(CO)cc2)OC(c2ccc(NC(=O)CCCCCC(=O)Nc3ccccc3N)cc2)O1. The Labute approximate surface area is 300 Å². The summed E-state index contributed by atoms with van der Waals surface area (Å²) in [5.74, 6) is -0.387. The van der Waals surface area contributed by atoms with Gasteiger partial charge in [0.2, 0.25) is 11.8 Å². The molecule has 0 bridgehead atoms. The van der Waals surface area contributed by atoms with E-state index in [9.17, 15) is 19.5 Å². The minimum Gasteiger partial charge on any atom is -0.459 e. The Bertz CT molecular complexity index is 1610. The molecule has 0 spiro atoms. The number of esters is 1. The molecule has 0 saturated carbocycles. The molecule has 0 aliphatic carbocycles. The highest BCUT2D eigenvalue weighted by molar-refractivity contribution is 5.93. The first-order chi connectivity index (χ1) is 24.5. The molecule has 3 aromatic carbocycles. The van der Waals surface area contributed by atoms with Crippen LogP contribution in [0.3, 0.4) is 0 Å². The number of nitrogens with one attached hydrogen (secondary N) is 2. The van der Waals surface area contributed by atoms with E-state index in [0.717, 1.165) is 42.5 Å². The Morgan fingerprint density at radius 2 is 1.55 bits per heavy atom. The Kier molecular flexibility index (Phi) is 13.2. The van der Waals surface area contributed by atoms with Crippen LogP contribution >= 0.6 is 0 Å². The molecular weight excluding hydrogens is 648 g/mol. The molecule has 274 valence electrons. The van der Waals surface area contributed by atoms with Gasteiger partial charge in [0.05, 0.1) is 30.2 Å². The van der Waals surface area contributed by atoms with Crippen LogP contribution in [-0.4, -0.2) is 58.6 Å². The maximum absolute atomic E-state index is 13.0. The number of anilines is 3. The maximum atomic E-state index is 13.0. The van der Waals surface area contributed by atoms with Crippen molar-refractivity contribution < 1.29 is 33.7 Å². The van der Waals surface area contributed by atoms with Gasteiger partial charge in [-0.3, -0.25) is 19.3 Å². The van der Waals surface area contributed by atoms with Gasteiger partial charge in [-0.2, -0.15) is 0 Å². The van der Waals surface area contributed by atoms with Gasteiger partial charge in [0.25, 0.3) is 0 Å². The number of nitrogens with two attached hydrogens (primary N) is 1. The number of unbranched alkanes of at least 4 members (excludes halogenated alkanes) is 2. The van der Waals surface area contributed by atoms with Gasteiger partial charge in [0, 0.05) is 37.1 Å². The largest absolute Gasteiger partial charge is 0.459 e. The third-order valence-corrected chi connectivity index (χ3v) is 9.10. The second kappa shape index (κ2) is 17.8. The number of benzene rings is 3. The second-order valence-electron chi connectivity index (χ2n) is 14.4. The maximum Gasteiger partial charge on any atom is 0.323 e. The molecular formula is C40H52N4O7. The summed E-state index contributed by atoms with van der Waals surface area (Å²) in [4.78, 5) is 40.1. The molecule has 0 aromatic heterocycles. The Hall–Kier alpha value is -4.29. The number of nitrogens with zero attached hydrogens (tertiary/aromatic N) is 1. The zero-order valence-corrected chi connectivity index (χ0v) is 29.9. The topological polar surface area (TPSA) is 152 Å². The van der Waals surface area contributed by atoms with E-state index in [1.54, 1.807) is 12.1 Å². The standard InChI is InChI=1S/C40H52N4O7/c1-40(2,3)51-38(48)34-12-9-23-44(34)25-31-24-35(28-17-15-27(26-45)16-18-28)50-39(49-31)29-19-21-30(22-20-29)42-36(46)13-5-4-6-14-37(47)43-33-11-8-7-10-32(33)41/h7-8,10-11,15-22,31,34-35,39,45H,4-6,9,12-14,23-26,41H2,1-3H3,(H,42,46)(H,43,47). The van der Waals surface area contributed by atoms with Crippen LogP contribution in [0.15, 0.2) is 72.8 Å². The first-order valence-electron chi connectivity index (χ1n) is 18.0. The van der Waals surface area contributed by atoms with Gasteiger partial charge in [0.1, 0.15) is 11.6 Å². The highest BCUT2D eigenvalue weighted by Gasteiger charge is 2.39. The van der Waals surface area contributed by atoms with E-state index in [0.29, 0.717) is 55.7 Å². The van der Waals surface area contributed by atoms with Gasteiger partial charge in [-0.1, -0.05) is 55.0 Å². The third kappa shape index (κ3) is 11.4. The lowest BCUT2D eigenvalue weighted by molar-refractivity contribution is -0.253. The van der Waals surface area contributed by atoms with Crippen molar-refractivity contribution in [3.63, 3.8) is 0 Å². The van der Waals surface area contributed by atoms with Gasteiger partial charge in [0.15, 0.2) is 6.29 Å². The number of hydrogen-bond acceptors (Lipinski definition) is 9. The minimum atomic E-state index is -0.658. The van der Waals surface area contributed by atoms with Crippen molar-refractivity contribution >= 4 is 34.8 Å². The number of para-hydroxylation sites is 2. The van der Waals surface area contributed by atoms with Crippen LogP contribution < -0.4 is 16.4 Å². The Morgan fingerprint density at radius 3 is 2.22 bits per heavy atom. The quantitative estimate of drug-likeness (QED) is 0.0824. The van der Waals surface area contributed by atoms with Gasteiger partial charge >= 0.3 is 5.97 Å². The monoisotopic (exact) mass is 700 g/mol. The molecule has 2 saturated heterocycles. The van der Waals surface area contributed by atoms with E-state index < -0.39 is 11.9 Å². The molecule has 3 aromatic rings. The van der Waals surface area contributed by atoms with Gasteiger partial charge in [-0.15, -0.1) is 0 Å². The molecule has 11 nitrogen and oxygen atoms in total. The minimum absolute atomic E-state index is 0.0335. The molecule has 11 heteroatoms. The summed E-state index contributed by atoms with van der Waals surface area (Å²) in [6, 6.07) is 22.1. The lowest BCUT2D eigenvalue weighted by Crippen LogP contribution is -2.45. The predicted octanol–water partition coefficient (Wildman–Crippen LogP) is 6.64.